The van der Waals surface area contributed by atoms with E-state index in [1.54, 1.807) is 17.7 Å². The molecule has 0 bridgehead atoms. The molecule has 0 radical (unpaired) electrons. The Bertz CT molecular complexity index is 538. The Kier molecular flexibility index (Phi) is 2.21. The second-order valence-corrected chi connectivity index (χ2v) is 4.52. The zero-order chi connectivity index (χ0) is 11.0. The highest BCUT2D eigenvalue weighted by Crippen LogP contribution is 2.27. The van der Waals surface area contributed by atoms with Crippen LogP contribution in [0, 0.1) is 0 Å². The number of rotatable bonds is 1. The Labute approximate surface area is 96.1 Å². The molecule has 1 aliphatic rings. The summed E-state index contributed by atoms with van der Waals surface area (Å²) in [5.41, 5.74) is 0.945. The minimum atomic E-state index is 0.0505. The van der Waals surface area contributed by atoms with Gasteiger partial charge in [0.2, 0.25) is 5.91 Å². The maximum Gasteiger partial charge on any atom is 0.239 e. The highest BCUT2D eigenvalue weighted by molar-refractivity contribution is 7.17. The molecule has 16 heavy (non-hydrogen) atoms. The van der Waals surface area contributed by atoms with Gasteiger partial charge in [-0.05, 0) is 11.4 Å². The molecular weight excluding hydrogens is 224 g/mol. The fraction of sp³-hybridized carbons (Fsp3) is 0.300. The summed E-state index contributed by atoms with van der Waals surface area (Å²) in [4.78, 5) is 21.8. The van der Waals surface area contributed by atoms with Crippen LogP contribution >= 0.6 is 11.3 Å². The number of piperazine rings is 1. The third-order valence-corrected chi connectivity index (χ3v) is 3.46. The molecule has 3 rings (SSSR count). The van der Waals surface area contributed by atoms with Crippen LogP contribution in [0.4, 0.5) is 5.82 Å². The number of aromatic nitrogens is 2. The van der Waals surface area contributed by atoms with E-state index in [9.17, 15) is 4.79 Å². The Morgan fingerprint density at radius 1 is 1.44 bits per heavy atom. The number of amides is 1. The van der Waals surface area contributed by atoms with Crippen molar-refractivity contribution in [3.05, 3.63) is 17.8 Å². The number of nitrogens with zero attached hydrogens (tertiary/aromatic N) is 3. The summed E-state index contributed by atoms with van der Waals surface area (Å²) in [5.74, 6) is 0.921. The van der Waals surface area contributed by atoms with Gasteiger partial charge >= 0.3 is 0 Å². The van der Waals surface area contributed by atoms with Crippen LogP contribution in [0.25, 0.3) is 10.2 Å². The van der Waals surface area contributed by atoms with Gasteiger partial charge in [0.05, 0.1) is 16.8 Å². The minimum absolute atomic E-state index is 0.0505. The number of fused-ring (bicyclic) bond motifs is 1. The average molecular weight is 234 g/mol. The van der Waals surface area contributed by atoms with Crippen LogP contribution in [0.1, 0.15) is 0 Å². The lowest BCUT2D eigenvalue weighted by molar-refractivity contribution is -0.120. The predicted molar refractivity (Wildman–Crippen MR) is 62.6 cm³/mol. The van der Waals surface area contributed by atoms with Crippen molar-refractivity contribution in [3.63, 3.8) is 0 Å². The van der Waals surface area contributed by atoms with Gasteiger partial charge in [0.1, 0.15) is 6.33 Å². The number of hydrogen-bond donors (Lipinski definition) is 1. The Balaban J connectivity index is 2.04. The third kappa shape index (κ3) is 1.51. The van der Waals surface area contributed by atoms with Crippen molar-refractivity contribution in [1.29, 1.82) is 0 Å². The number of nitrogens with one attached hydrogen (secondary N) is 1. The van der Waals surface area contributed by atoms with E-state index in [1.807, 2.05) is 16.3 Å². The van der Waals surface area contributed by atoms with Crippen molar-refractivity contribution in [1.82, 2.24) is 15.3 Å². The molecule has 0 saturated carbocycles. The molecule has 82 valence electrons. The van der Waals surface area contributed by atoms with E-state index in [1.165, 1.54) is 0 Å². The quantitative estimate of drug-likeness (QED) is 0.786. The highest BCUT2D eigenvalue weighted by atomic mass is 32.1. The third-order valence-electron chi connectivity index (χ3n) is 2.56. The highest BCUT2D eigenvalue weighted by Gasteiger charge is 2.19. The molecule has 6 heteroatoms. The van der Waals surface area contributed by atoms with Crippen LogP contribution in [0.3, 0.4) is 0 Å². The number of anilines is 1. The lowest BCUT2D eigenvalue weighted by Gasteiger charge is -2.27. The van der Waals surface area contributed by atoms with Gasteiger partial charge in [-0.2, -0.15) is 0 Å². The molecular formula is C10H10N4OS. The van der Waals surface area contributed by atoms with Gasteiger partial charge in [-0.3, -0.25) is 4.79 Å². The van der Waals surface area contributed by atoms with Crippen molar-refractivity contribution in [3.8, 4) is 0 Å². The fourth-order valence-corrected chi connectivity index (χ4v) is 2.68. The number of carbonyl (C=O) groups is 1. The maximum absolute atomic E-state index is 11.3. The van der Waals surface area contributed by atoms with E-state index in [-0.39, 0.29) is 5.91 Å². The molecule has 0 aromatic carbocycles. The first-order chi connectivity index (χ1) is 7.84. The Morgan fingerprint density at radius 2 is 2.38 bits per heavy atom. The predicted octanol–water partition coefficient (Wildman–Crippen LogP) is 0.627. The zero-order valence-electron chi connectivity index (χ0n) is 8.51. The SMILES string of the molecule is O=C1CN(c2ncnc3ccsc23)CCN1. The van der Waals surface area contributed by atoms with Gasteiger partial charge in [0.25, 0.3) is 0 Å². The molecule has 0 spiro atoms. The summed E-state index contributed by atoms with van der Waals surface area (Å²) in [7, 11) is 0. The molecule has 1 saturated heterocycles. The first-order valence-corrected chi connectivity index (χ1v) is 5.92. The molecule has 5 nitrogen and oxygen atoms in total. The number of carbonyl (C=O) groups excluding carboxylic acids is 1. The Morgan fingerprint density at radius 3 is 3.25 bits per heavy atom. The molecule has 1 amide bonds. The van der Waals surface area contributed by atoms with Gasteiger partial charge in [-0.15, -0.1) is 11.3 Å². The molecule has 2 aromatic heterocycles. The van der Waals surface area contributed by atoms with Crippen molar-refractivity contribution < 1.29 is 4.79 Å². The smallest absolute Gasteiger partial charge is 0.239 e. The van der Waals surface area contributed by atoms with Gasteiger partial charge in [-0.1, -0.05) is 0 Å². The Hall–Kier alpha value is -1.69. The summed E-state index contributed by atoms with van der Waals surface area (Å²) >= 11 is 1.61. The minimum Gasteiger partial charge on any atom is -0.353 e. The first kappa shape index (κ1) is 9.53. The molecule has 2 aromatic rings. The van der Waals surface area contributed by atoms with Crippen LogP contribution in [0.5, 0.6) is 0 Å². The summed E-state index contributed by atoms with van der Waals surface area (Å²) in [6.45, 7) is 1.86. The van der Waals surface area contributed by atoms with Crippen molar-refractivity contribution >= 4 is 33.3 Å². The van der Waals surface area contributed by atoms with E-state index < -0.39 is 0 Å². The molecule has 1 fully saturated rings. The van der Waals surface area contributed by atoms with Gasteiger partial charge < -0.3 is 10.2 Å². The first-order valence-electron chi connectivity index (χ1n) is 5.04. The molecule has 1 N–H and O–H groups in total. The monoisotopic (exact) mass is 234 g/mol. The fourth-order valence-electron chi connectivity index (χ4n) is 1.82. The lowest BCUT2D eigenvalue weighted by atomic mass is 10.3. The molecule has 3 heterocycles. The summed E-state index contributed by atoms with van der Waals surface area (Å²) in [5, 5.41) is 4.80. The van der Waals surface area contributed by atoms with E-state index in [4.69, 9.17) is 0 Å². The largest absolute Gasteiger partial charge is 0.353 e. The lowest BCUT2D eigenvalue weighted by Crippen LogP contribution is -2.48. The van der Waals surface area contributed by atoms with Gasteiger partial charge in [0, 0.05) is 13.1 Å². The topological polar surface area (TPSA) is 58.1 Å². The van der Waals surface area contributed by atoms with Crippen LogP contribution in [-0.4, -0.2) is 35.5 Å². The number of hydrogen-bond acceptors (Lipinski definition) is 5. The van der Waals surface area contributed by atoms with Crippen LogP contribution in [0.2, 0.25) is 0 Å². The van der Waals surface area contributed by atoms with Crippen molar-refractivity contribution in [2.24, 2.45) is 0 Å². The van der Waals surface area contributed by atoms with Crippen LogP contribution < -0.4 is 10.2 Å². The average Bonchev–Trinajstić information content (AvgIpc) is 2.76. The van der Waals surface area contributed by atoms with Gasteiger partial charge in [-0.25, -0.2) is 9.97 Å². The molecule has 0 unspecified atom stereocenters. The summed E-state index contributed by atoms with van der Waals surface area (Å²) in [6.07, 6.45) is 1.55. The van der Waals surface area contributed by atoms with Crippen molar-refractivity contribution in [2.45, 2.75) is 0 Å². The second-order valence-electron chi connectivity index (χ2n) is 3.60. The van der Waals surface area contributed by atoms with E-state index in [2.05, 4.69) is 15.3 Å². The van der Waals surface area contributed by atoms with Crippen LogP contribution in [0.15, 0.2) is 17.8 Å². The van der Waals surface area contributed by atoms with E-state index >= 15 is 0 Å². The second kappa shape index (κ2) is 3.71. The molecule has 1 aliphatic heterocycles. The van der Waals surface area contributed by atoms with E-state index in [0.29, 0.717) is 13.1 Å². The van der Waals surface area contributed by atoms with E-state index in [0.717, 1.165) is 22.6 Å². The number of thiophene rings is 1. The van der Waals surface area contributed by atoms with Crippen LogP contribution in [-0.2, 0) is 4.79 Å². The molecule has 0 aliphatic carbocycles. The normalized spacial score (nSPS) is 16.5. The zero-order valence-corrected chi connectivity index (χ0v) is 9.33. The summed E-state index contributed by atoms with van der Waals surface area (Å²) in [6, 6.07) is 1.97. The molecule has 0 atom stereocenters. The van der Waals surface area contributed by atoms with Crippen molar-refractivity contribution in [2.75, 3.05) is 24.5 Å². The maximum atomic E-state index is 11.3. The van der Waals surface area contributed by atoms with Gasteiger partial charge in [0.15, 0.2) is 5.82 Å². The standard InChI is InChI=1S/C10H10N4OS/c15-8-5-14(3-2-11-8)10-9-7(1-4-16-9)12-6-13-10/h1,4,6H,2-3,5H2,(H,11,15). The summed E-state index contributed by atoms with van der Waals surface area (Å²) < 4.78 is 1.05.